The van der Waals surface area contributed by atoms with Crippen LogP contribution in [0.2, 0.25) is 0 Å². The van der Waals surface area contributed by atoms with E-state index in [1.165, 1.54) is 16.2 Å². The highest BCUT2D eigenvalue weighted by Crippen LogP contribution is 2.38. The van der Waals surface area contributed by atoms with Crippen molar-refractivity contribution in [2.24, 2.45) is 0 Å². The molecule has 1 aromatic rings. The molecule has 5 nitrogen and oxygen atoms in total. The molecule has 0 aromatic carbocycles. The predicted octanol–water partition coefficient (Wildman–Crippen LogP) is 1.71. The van der Waals surface area contributed by atoms with Crippen LogP contribution >= 0.6 is 11.3 Å². The summed E-state index contributed by atoms with van der Waals surface area (Å²) in [5.74, 6) is 0.175. The minimum absolute atomic E-state index is 0.0965. The number of nitrogens with zero attached hydrogens (tertiary/aromatic N) is 2. The van der Waals surface area contributed by atoms with Crippen molar-refractivity contribution in [3.63, 3.8) is 0 Å². The van der Waals surface area contributed by atoms with Crippen LogP contribution in [-0.4, -0.2) is 36.2 Å². The van der Waals surface area contributed by atoms with Crippen molar-refractivity contribution in [2.45, 2.75) is 32.1 Å². The van der Waals surface area contributed by atoms with Crippen LogP contribution in [0, 0.1) is 11.3 Å². The van der Waals surface area contributed by atoms with Gasteiger partial charge in [-0.2, -0.15) is 5.26 Å². The predicted molar refractivity (Wildman–Crippen MR) is 80.4 cm³/mol. The Morgan fingerprint density at radius 1 is 1.29 bits per heavy atom. The lowest BCUT2D eigenvalue weighted by Crippen LogP contribution is -2.39. The van der Waals surface area contributed by atoms with Gasteiger partial charge in [0.2, 0.25) is 5.91 Å². The van der Waals surface area contributed by atoms with E-state index in [9.17, 15) is 14.9 Å². The summed E-state index contributed by atoms with van der Waals surface area (Å²) in [6, 6.07) is 2.23. The number of nitrogens with one attached hydrogen (secondary N) is 1. The second-order valence-corrected chi connectivity index (χ2v) is 6.64. The van der Waals surface area contributed by atoms with Gasteiger partial charge in [0.25, 0.3) is 0 Å². The Balaban J connectivity index is 1.63. The number of thiophene rings is 1. The second-order valence-electron chi connectivity index (χ2n) is 5.54. The number of carbonyl (C=O) groups excluding carboxylic acids is 2. The molecular formula is C15H17N3O2S. The quantitative estimate of drug-likeness (QED) is 0.922. The fourth-order valence-electron chi connectivity index (χ4n) is 2.94. The lowest BCUT2D eigenvalue weighted by atomic mass is 10.1. The number of carbonyl (C=O) groups is 2. The highest BCUT2D eigenvalue weighted by atomic mass is 32.1. The van der Waals surface area contributed by atoms with Gasteiger partial charge in [-0.25, -0.2) is 0 Å². The summed E-state index contributed by atoms with van der Waals surface area (Å²) in [6.45, 7) is 1.59. The van der Waals surface area contributed by atoms with E-state index in [-0.39, 0.29) is 11.7 Å². The highest BCUT2D eigenvalue weighted by molar-refractivity contribution is 7.16. The van der Waals surface area contributed by atoms with Crippen molar-refractivity contribution < 1.29 is 9.59 Å². The number of aryl methyl sites for hydroxylation is 1. The van der Waals surface area contributed by atoms with Gasteiger partial charge in [-0.1, -0.05) is 0 Å². The monoisotopic (exact) mass is 303 g/mol. The molecule has 0 atom stereocenters. The first kappa shape index (κ1) is 14.2. The summed E-state index contributed by atoms with van der Waals surface area (Å²) in [7, 11) is 0. The Labute approximate surface area is 127 Å². The Morgan fingerprint density at radius 3 is 2.76 bits per heavy atom. The summed E-state index contributed by atoms with van der Waals surface area (Å²) >= 11 is 1.54. The fourth-order valence-corrected chi connectivity index (χ4v) is 4.20. The minimum Gasteiger partial charge on any atom is -0.315 e. The van der Waals surface area contributed by atoms with Gasteiger partial charge in [0.05, 0.1) is 12.1 Å². The Hall–Kier alpha value is -1.71. The topological polar surface area (TPSA) is 73.2 Å². The van der Waals surface area contributed by atoms with Crippen molar-refractivity contribution >= 4 is 28.0 Å². The molecule has 0 radical (unpaired) electrons. The van der Waals surface area contributed by atoms with Gasteiger partial charge in [0.15, 0.2) is 0 Å². The highest BCUT2D eigenvalue weighted by Gasteiger charge is 2.24. The lowest BCUT2D eigenvalue weighted by Gasteiger charge is -2.24. The number of likely N-dealkylation sites (tertiary alicyclic amines) is 1. The molecule has 1 N–H and O–H groups in total. The number of hydrogen-bond acceptors (Lipinski definition) is 5. The van der Waals surface area contributed by atoms with Crippen LogP contribution in [0.25, 0.3) is 0 Å². The SMILES string of the molecule is N#Cc1c(NC(=O)CN2CCC(=O)CC2)sc2c1CCC2. The fraction of sp³-hybridized carbons (Fsp3) is 0.533. The zero-order valence-electron chi connectivity index (χ0n) is 11.8. The van der Waals surface area contributed by atoms with Crippen molar-refractivity contribution in [3.8, 4) is 6.07 Å². The van der Waals surface area contributed by atoms with Crippen LogP contribution < -0.4 is 5.32 Å². The lowest BCUT2D eigenvalue weighted by molar-refractivity contribution is -0.124. The number of amides is 1. The van der Waals surface area contributed by atoms with Gasteiger partial charge in [-0.3, -0.25) is 14.5 Å². The van der Waals surface area contributed by atoms with Crippen molar-refractivity contribution in [2.75, 3.05) is 25.0 Å². The zero-order valence-corrected chi connectivity index (χ0v) is 12.6. The third kappa shape index (κ3) is 2.99. The third-order valence-electron chi connectivity index (χ3n) is 4.07. The number of Topliss-reactive ketones (excluding diaryl/α,β-unsaturated/α-hetero) is 1. The van der Waals surface area contributed by atoms with Crippen LogP contribution in [0.5, 0.6) is 0 Å². The summed E-state index contributed by atoms with van der Waals surface area (Å²) in [6.07, 6.45) is 4.12. The molecular weight excluding hydrogens is 286 g/mol. The maximum Gasteiger partial charge on any atom is 0.239 e. The normalized spacial score (nSPS) is 18.3. The molecule has 21 heavy (non-hydrogen) atoms. The molecule has 0 saturated carbocycles. The number of piperidine rings is 1. The van der Waals surface area contributed by atoms with E-state index in [0.717, 1.165) is 24.8 Å². The van der Waals surface area contributed by atoms with Crippen molar-refractivity contribution in [3.05, 3.63) is 16.0 Å². The van der Waals surface area contributed by atoms with E-state index < -0.39 is 0 Å². The molecule has 0 bridgehead atoms. The first-order chi connectivity index (χ1) is 10.2. The number of hydrogen-bond donors (Lipinski definition) is 1. The molecule has 1 saturated heterocycles. The van der Waals surface area contributed by atoms with E-state index in [2.05, 4.69) is 11.4 Å². The van der Waals surface area contributed by atoms with E-state index in [1.807, 2.05) is 4.90 Å². The molecule has 1 aliphatic carbocycles. The smallest absolute Gasteiger partial charge is 0.239 e. The number of anilines is 1. The molecule has 1 fully saturated rings. The first-order valence-electron chi connectivity index (χ1n) is 7.26. The number of rotatable bonds is 3. The molecule has 2 heterocycles. The van der Waals surface area contributed by atoms with Gasteiger partial charge in [-0.05, 0) is 24.8 Å². The standard InChI is InChI=1S/C15H17N3O2S/c16-8-12-11-2-1-3-13(11)21-15(12)17-14(20)9-18-6-4-10(19)5-7-18/h1-7,9H2,(H,17,20). The Bertz CT molecular complexity index is 620. The number of ketones is 1. The van der Waals surface area contributed by atoms with Crippen LogP contribution in [0.1, 0.15) is 35.3 Å². The van der Waals surface area contributed by atoms with E-state index in [4.69, 9.17) is 0 Å². The maximum atomic E-state index is 12.1. The Morgan fingerprint density at radius 2 is 2.05 bits per heavy atom. The van der Waals surface area contributed by atoms with Crippen LogP contribution in [0.4, 0.5) is 5.00 Å². The van der Waals surface area contributed by atoms with Gasteiger partial charge in [0.1, 0.15) is 16.9 Å². The summed E-state index contributed by atoms with van der Waals surface area (Å²) in [4.78, 5) is 26.5. The molecule has 0 spiro atoms. The van der Waals surface area contributed by atoms with Gasteiger partial charge < -0.3 is 5.32 Å². The average Bonchev–Trinajstić information content (AvgIpc) is 3.01. The van der Waals surface area contributed by atoms with E-state index in [0.29, 0.717) is 43.0 Å². The van der Waals surface area contributed by atoms with Crippen molar-refractivity contribution in [1.29, 1.82) is 5.26 Å². The first-order valence-corrected chi connectivity index (χ1v) is 8.07. The molecule has 1 aromatic heterocycles. The molecule has 110 valence electrons. The molecule has 2 aliphatic rings. The summed E-state index contributed by atoms with van der Waals surface area (Å²) < 4.78 is 0. The second kappa shape index (κ2) is 5.96. The molecule has 1 aliphatic heterocycles. The van der Waals surface area contributed by atoms with Gasteiger partial charge in [-0.15, -0.1) is 11.3 Å². The van der Waals surface area contributed by atoms with Crippen molar-refractivity contribution in [1.82, 2.24) is 4.90 Å². The van der Waals surface area contributed by atoms with E-state index >= 15 is 0 Å². The van der Waals surface area contributed by atoms with Gasteiger partial charge in [0, 0.05) is 30.8 Å². The molecule has 3 rings (SSSR count). The van der Waals surface area contributed by atoms with Crippen LogP contribution in [0.3, 0.4) is 0 Å². The number of nitriles is 1. The number of fused-ring (bicyclic) bond motifs is 1. The Kier molecular flexibility index (Phi) is 4.04. The molecule has 6 heteroatoms. The van der Waals surface area contributed by atoms with Crippen LogP contribution in [0.15, 0.2) is 0 Å². The summed E-state index contributed by atoms with van der Waals surface area (Å²) in [5, 5.41) is 12.9. The average molecular weight is 303 g/mol. The van der Waals surface area contributed by atoms with Crippen LogP contribution in [-0.2, 0) is 22.4 Å². The van der Waals surface area contributed by atoms with E-state index in [1.54, 1.807) is 0 Å². The third-order valence-corrected chi connectivity index (χ3v) is 5.27. The maximum absolute atomic E-state index is 12.1. The minimum atomic E-state index is -0.0965. The largest absolute Gasteiger partial charge is 0.315 e. The molecule has 1 amide bonds. The van der Waals surface area contributed by atoms with Gasteiger partial charge >= 0.3 is 0 Å². The molecule has 0 unspecified atom stereocenters. The zero-order chi connectivity index (χ0) is 14.8. The summed E-state index contributed by atoms with van der Waals surface area (Å²) in [5.41, 5.74) is 1.77.